The van der Waals surface area contributed by atoms with Crippen LogP contribution in [0, 0.1) is 4.78 Å². The number of ether oxygens (including phenoxy) is 1. The predicted octanol–water partition coefficient (Wildman–Crippen LogP) is 5.57. The highest BCUT2D eigenvalue weighted by Gasteiger charge is 2.27. The lowest BCUT2D eigenvalue weighted by Gasteiger charge is -2.10. The molecule has 1 aliphatic heterocycles. The maximum absolute atomic E-state index is 12.3. The third-order valence-corrected chi connectivity index (χ3v) is 6.39. The van der Waals surface area contributed by atoms with E-state index in [9.17, 15) is 4.79 Å². The highest BCUT2D eigenvalue weighted by molar-refractivity contribution is 7.94. The summed E-state index contributed by atoms with van der Waals surface area (Å²) in [6, 6.07) is 27.0. The number of carbonyl (C=O) groups is 1. The lowest BCUT2D eigenvalue weighted by Crippen LogP contribution is -1.98. The number of rotatable bonds is 4. The van der Waals surface area contributed by atoms with Gasteiger partial charge in [-0.3, -0.25) is 4.78 Å². The fourth-order valence-corrected chi connectivity index (χ4v) is 4.52. The van der Waals surface area contributed by atoms with Gasteiger partial charge in [-0.15, -0.1) is 0 Å². The van der Waals surface area contributed by atoms with E-state index in [0.29, 0.717) is 5.57 Å². The van der Waals surface area contributed by atoms with E-state index in [0.717, 1.165) is 27.3 Å². The topological polar surface area (TPSA) is 62.5 Å². The molecule has 0 amide bonds. The second-order valence-corrected chi connectivity index (χ2v) is 9.03. The smallest absolute Gasteiger partial charge is 0.339 e. The Bertz CT molecular complexity index is 1160. The average Bonchev–Trinajstić information content (AvgIpc) is 3.10. The molecule has 0 aromatic heterocycles. The van der Waals surface area contributed by atoms with E-state index in [2.05, 4.69) is 4.36 Å². The Morgan fingerprint density at radius 3 is 2.11 bits per heavy atom. The van der Waals surface area contributed by atoms with Crippen molar-refractivity contribution in [2.45, 2.75) is 4.90 Å². The number of cyclic esters (lactones) is 1. The quantitative estimate of drug-likeness (QED) is 0.594. The van der Waals surface area contributed by atoms with E-state index in [1.807, 2.05) is 91.2 Å². The maximum Gasteiger partial charge on any atom is 0.339 e. The Labute approximate surface area is 165 Å². The zero-order valence-corrected chi connectivity index (χ0v) is 16.3. The number of nitrogens with zero attached hydrogens (tertiary/aromatic N) is 1. The number of benzene rings is 3. The number of carbonyl (C=O) groups excluding carboxylic acids is 1. The molecule has 1 atom stereocenters. The lowest BCUT2D eigenvalue weighted by molar-refractivity contribution is -0.133. The van der Waals surface area contributed by atoms with E-state index >= 15 is 0 Å². The van der Waals surface area contributed by atoms with Gasteiger partial charge in [0, 0.05) is 16.7 Å². The predicted molar refractivity (Wildman–Crippen MR) is 113 cm³/mol. The summed E-state index contributed by atoms with van der Waals surface area (Å²) in [5.74, 6) is -0.291. The molecule has 5 heteroatoms. The van der Waals surface area contributed by atoms with Crippen LogP contribution < -0.4 is 0 Å². The molecule has 0 spiro atoms. The van der Waals surface area contributed by atoms with E-state index in [1.165, 1.54) is 0 Å². The Morgan fingerprint density at radius 2 is 1.46 bits per heavy atom. The van der Waals surface area contributed by atoms with Gasteiger partial charge in [-0.2, -0.15) is 0 Å². The van der Waals surface area contributed by atoms with Crippen molar-refractivity contribution in [1.82, 2.24) is 0 Å². The molecule has 28 heavy (non-hydrogen) atoms. The fraction of sp³-hybridized carbons (Fsp3) is 0.0870. The fourth-order valence-electron chi connectivity index (χ4n) is 3.20. The molecule has 1 aliphatic rings. The van der Waals surface area contributed by atoms with Gasteiger partial charge in [0.15, 0.2) is 0 Å². The van der Waals surface area contributed by atoms with E-state index in [1.54, 1.807) is 0 Å². The van der Waals surface area contributed by atoms with Gasteiger partial charge in [-0.05, 0) is 45.0 Å². The van der Waals surface area contributed by atoms with Crippen LogP contribution >= 0.6 is 0 Å². The van der Waals surface area contributed by atoms with Gasteiger partial charge >= 0.3 is 5.97 Å². The average molecular weight is 388 g/mol. The first-order valence-electron chi connectivity index (χ1n) is 8.92. The van der Waals surface area contributed by atoms with Gasteiger partial charge in [0.2, 0.25) is 0 Å². The Hall–Kier alpha value is -3.18. The molecule has 140 valence electrons. The maximum atomic E-state index is 12.3. The van der Waals surface area contributed by atoms with Crippen molar-refractivity contribution in [3.05, 3.63) is 96.1 Å². The first-order chi connectivity index (χ1) is 13.5. The van der Waals surface area contributed by atoms with Crippen molar-refractivity contribution in [1.29, 1.82) is 4.78 Å². The second-order valence-electron chi connectivity index (χ2n) is 6.62. The van der Waals surface area contributed by atoms with Crippen LogP contribution in [-0.4, -0.2) is 18.8 Å². The van der Waals surface area contributed by atoms with Crippen molar-refractivity contribution in [3.8, 4) is 0 Å². The van der Waals surface area contributed by atoms with Gasteiger partial charge in [0.25, 0.3) is 0 Å². The summed E-state index contributed by atoms with van der Waals surface area (Å²) in [5, 5.41) is 0. The molecule has 1 N–H and O–H groups in total. The normalized spacial score (nSPS) is 15.8. The van der Waals surface area contributed by atoms with Gasteiger partial charge in [-0.1, -0.05) is 60.7 Å². The summed E-state index contributed by atoms with van der Waals surface area (Å²) < 4.78 is 18.6. The molecule has 3 aromatic rings. The number of hydrogen-bond acceptors (Lipinski definition) is 4. The van der Waals surface area contributed by atoms with Crippen molar-refractivity contribution in [2.24, 2.45) is 4.36 Å². The van der Waals surface area contributed by atoms with Crippen molar-refractivity contribution in [3.63, 3.8) is 0 Å². The minimum atomic E-state index is -2.07. The Morgan fingerprint density at radius 1 is 0.857 bits per heavy atom. The molecule has 0 saturated heterocycles. The molecular weight excluding hydrogens is 368 g/mol. The largest absolute Gasteiger partial charge is 0.457 e. The van der Waals surface area contributed by atoms with E-state index < -0.39 is 9.62 Å². The summed E-state index contributed by atoms with van der Waals surface area (Å²) in [6.45, 7) is 0.266. The first kappa shape index (κ1) is 18.2. The molecule has 3 aromatic carbocycles. The first-order valence-corrected chi connectivity index (χ1v) is 10.9. The molecule has 4 nitrogen and oxygen atoms in total. The summed E-state index contributed by atoms with van der Waals surface area (Å²) >= 11 is 0. The van der Waals surface area contributed by atoms with Crippen molar-refractivity contribution >= 4 is 32.4 Å². The molecular formula is C23H20N2O2S. The third kappa shape index (κ3) is 3.62. The molecule has 0 radical (unpaired) electrons. The third-order valence-electron chi connectivity index (χ3n) is 4.62. The molecule has 1 heterocycles. The van der Waals surface area contributed by atoms with E-state index in [4.69, 9.17) is 9.52 Å². The van der Waals surface area contributed by atoms with Crippen LogP contribution in [0.25, 0.3) is 11.1 Å². The van der Waals surface area contributed by atoms with E-state index in [-0.39, 0.29) is 12.6 Å². The Balaban J connectivity index is 1.72. The second kappa shape index (κ2) is 7.44. The molecule has 0 bridgehead atoms. The number of nitrogens with one attached hydrogen (secondary N) is 1. The number of hydrogen-bond donors (Lipinski definition) is 1. The summed E-state index contributed by atoms with van der Waals surface area (Å²) in [4.78, 5) is 13.1. The van der Waals surface area contributed by atoms with Crippen LogP contribution in [0.1, 0.15) is 11.1 Å². The molecule has 0 aliphatic carbocycles. The lowest BCUT2D eigenvalue weighted by atomic mass is 9.97. The van der Waals surface area contributed by atoms with Crippen LogP contribution in [0.2, 0.25) is 0 Å². The zero-order valence-electron chi connectivity index (χ0n) is 15.5. The van der Waals surface area contributed by atoms with Crippen LogP contribution in [0.5, 0.6) is 0 Å². The van der Waals surface area contributed by atoms with Gasteiger partial charge in [-0.25, -0.2) is 9.16 Å². The number of esters is 1. The monoisotopic (exact) mass is 388 g/mol. The van der Waals surface area contributed by atoms with Crippen LogP contribution in [0.4, 0.5) is 5.69 Å². The van der Waals surface area contributed by atoms with Gasteiger partial charge in [0.1, 0.15) is 6.61 Å². The van der Waals surface area contributed by atoms with Crippen molar-refractivity contribution in [2.75, 3.05) is 12.9 Å². The molecule has 1 unspecified atom stereocenters. The molecule has 0 fully saturated rings. The van der Waals surface area contributed by atoms with Gasteiger partial charge in [0.05, 0.1) is 11.3 Å². The highest BCUT2D eigenvalue weighted by atomic mass is 32.2. The van der Waals surface area contributed by atoms with Crippen LogP contribution in [0.15, 0.2) is 94.2 Å². The summed E-state index contributed by atoms with van der Waals surface area (Å²) in [6.07, 6.45) is 1.85. The standard InChI is InChI=1S/C23H20N2O2S/c1-28(24,25-19-10-6-3-7-11-19)20-14-12-17(13-15-20)21-16-27-23(26)22(21)18-8-4-2-5-9-18/h2-15,24H,16H2,1H3. The minimum absolute atomic E-state index is 0.266. The Kier molecular flexibility index (Phi) is 4.84. The van der Waals surface area contributed by atoms with Gasteiger partial charge < -0.3 is 4.74 Å². The van der Waals surface area contributed by atoms with Crippen molar-refractivity contribution < 1.29 is 9.53 Å². The molecule has 0 saturated carbocycles. The minimum Gasteiger partial charge on any atom is -0.457 e. The summed E-state index contributed by atoms with van der Waals surface area (Å²) in [7, 11) is -2.07. The van der Waals surface area contributed by atoms with Crippen LogP contribution in [-0.2, 0) is 19.2 Å². The zero-order chi connectivity index (χ0) is 19.6. The molecule has 4 rings (SSSR count). The SMILES string of the molecule is CS(=N)(=Nc1ccccc1)c1ccc(C2=C(c3ccccc3)C(=O)OC2)cc1. The summed E-state index contributed by atoms with van der Waals surface area (Å²) in [5.41, 5.74) is 4.10. The van der Waals surface area contributed by atoms with Crippen LogP contribution in [0.3, 0.4) is 0 Å². The highest BCUT2D eigenvalue weighted by Crippen LogP contribution is 2.33.